The van der Waals surface area contributed by atoms with Crippen LogP contribution in [0.25, 0.3) is 0 Å². The first-order valence-electron chi connectivity index (χ1n) is 12.5. The zero-order valence-electron chi connectivity index (χ0n) is 22.0. The Morgan fingerprint density at radius 2 is 1.47 bits per heavy atom. The fourth-order valence-corrected chi connectivity index (χ4v) is 9.50. The largest absolute Gasteiger partial charge is 0.460 e. The van der Waals surface area contributed by atoms with Crippen LogP contribution in [0.15, 0.2) is 60.7 Å². The van der Waals surface area contributed by atoms with E-state index in [9.17, 15) is 4.79 Å². The number of hydrogen-bond acceptors (Lipinski definition) is 4. The highest BCUT2D eigenvalue weighted by molar-refractivity contribution is 6.99. The summed E-state index contributed by atoms with van der Waals surface area (Å²) in [6.45, 7) is 15.8. The molecule has 2 aromatic carbocycles. The molecule has 0 aromatic heterocycles. The van der Waals surface area contributed by atoms with Gasteiger partial charge in [0.15, 0.2) is 0 Å². The number of hydrogen-bond donors (Lipinski definition) is 0. The summed E-state index contributed by atoms with van der Waals surface area (Å²) in [5.74, 6) is 0.747. The first-order valence-corrected chi connectivity index (χ1v) is 14.4. The Bertz CT molecular complexity index is 875. The summed E-state index contributed by atoms with van der Waals surface area (Å²) in [4.78, 5) is 11.9. The van der Waals surface area contributed by atoms with Gasteiger partial charge in [0.2, 0.25) is 0 Å². The Labute approximate surface area is 207 Å². The molecule has 1 aliphatic carbocycles. The molecule has 3 atom stereocenters. The lowest BCUT2D eigenvalue weighted by Gasteiger charge is -2.43. The topological polar surface area (TPSA) is 44.8 Å². The molecule has 0 radical (unpaired) electrons. The fraction of sp³-hybridized carbons (Fsp3) is 0.552. The highest BCUT2D eigenvalue weighted by Crippen LogP contribution is 2.45. The van der Waals surface area contributed by atoms with Gasteiger partial charge in [-0.25, -0.2) is 0 Å². The third kappa shape index (κ3) is 6.59. The predicted molar refractivity (Wildman–Crippen MR) is 141 cm³/mol. The summed E-state index contributed by atoms with van der Waals surface area (Å²) < 4.78 is 18.5. The third-order valence-electron chi connectivity index (χ3n) is 6.62. The number of benzene rings is 2. The van der Waals surface area contributed by atoms with E-state index < -0.39 is 13.9 Å². The van der Waals surface area contributed by atoms with Crippen LogP contribution in [0.4, 0.5) is 0 Å². The second kappa shape index (κ2) is 10.8. The maximum Gasteiger partial charge on any atom is 0.308 e. The molecule has 0 amide bonds. The van der Waals surface area contributed by atoms with E-state index in [1.54, 1.807) is 0 Å². The lowest BCUT2D eigenvalue weighted by Crippen LogP contribution is -2.66. The molecule has 1 aliphatic rings. The molecule has 1 saturated carbocycles. The minimum atomic E-state index is -2.50. The Balaban J connectivity index is 1.64. The Morgan fingerprint density at radius 3 is 1.94 bits per heavy atom. The highest BCUT2D eigenvalue weighted by atomic mass is 28.4. The molecule has 0 bridgehead atoms. The lowest BCUT2D eigenvalue weighted by molar-refractivity contribution is -0.156. The molecule has 0 aliphatic heterocycles. The molecule has 5 heteroatoms. The van der Waals surface area contributed by atoms with Crippen molar-refractivity contribution in [3.63, 3.8) is 0 Å². The molecule has 34 heavy (non-hydrogen) atoms. The standard InChI is InChI=1S/C29H42O4Si/c1-22(31-19-18-27(30)33-28(2,3)4)26-20-23(26)21-32-34(29(5,6)7,24-14-10-8-11-15-24)25-16-12-9-13-17-25/h8-17,22-23,26H,18-21H2,1-7H3/t22-,23+,26+/m0/s1. The van der Waals surface area contributed by atoms with E-state index in [0.29, 0.717) is 18.4 Å². The quantitative estimate of drug-likeness (QED) is 0.339. The van der Waals surface area contributed by atoms with Crippen molar-refractivity contribution < 1.29 is 18.7 Å². The summed E-state index contributed by atoms with van der Waals surface area (Å²) in [7, 11) is -2.50. The van der Waals surface area contributed by atoms with Gasteiger partial charge in [-0.2, -0.15) is 0 Å². The molecule has 1 fully saturated rings. The Hall–Kier alpha value is -1.95. The molecule has 0 spiro atoms. The van der Waals surface area contributed by atoms with Crippen LogP contribution >= 0.6 is 0 Å². The summed E-state index contributed by atoms with van der Waals surface area (Å²) in [5, 5.41) is 2.61. The normalized spacial score (nSPS) is 19.5. The predicted octanol–water partition coefficient (Wildman–Crippen LogP) is 5.34. The van der Waals surface area contributed by atoms with Gasteiger partial charge in [-0.05, 0) is 61.4 Å². The maximum absolute atomic E-state index is 11.9. The average Bonchev–Trinajstić information content (AvgIpc) is 3.53. The summed E-state index contributed by atoms with van der Waals surface area (Å²) >= 11 is 0. The fourth-order valence-electron chi connectivity index (χ4n) is 4.88. The highest BCUT2D eigenvalue weighted by Gasteiger charge is 2.52. The van der Waals surface area contributed by atoms with Crippen molar-refractivity contribution in [2.75, 3.05) is 13.2 Å². The SMILES string of the molecule is C[C@H](OCCC(=O)OC(C)(C)C)[C@H]1C[C@@H]1CO[Si](c1ccccc1)(c1ccccc1)C(C)(C)C. The average molecular weight is 483 g/mol. The number of carbonyl (C=O) groups is 1. The summed E-state index contributed by atoms with van der Waals surface area (Å²) in [6.07, 6.45) is 1.50. The summed E-state index contributed by atoms with van der Waals surface area (Å²) in [5.41, 5.74) is -0.456. The van der Waals surface area contributed by atoms with Crippen molar-refractivity contribution >= 4 is 24.7 Å². The first kappa shape index (κ1) is 26.6. The van der Waals surface area contributed by atoms with Crippen molar-refractivity contribution in [1.82, 2.24) is 0 Å². The minimum absolute atomic E-state index is 0.0182. The van der Waals surface area contributed by atoms with E-state index in [0.717, 1.165) is 13.0 Å². The van der Waals surface area contributed by atoms with Crippen LogP contribution in [-0.4, -0.2) is 39.2 Å². The van der Waals surface area contributed by atoms with Gasteiger partial charge in [0.25, 0.3) is 8.32 Å². The van der Waals surface area contributed by atoms with Gasteiger partial charge in [0, 0.05) is 6.61 Å². The summed E-state index contributed by atoms with van der Waals surface area (Å²) in [6, 6.07) is 21.6. The molecular formula is C29H42O4Si. The van der Waals surface area contributed by atoms with Gasteiger partial charge < -0.3 is 13.9 Å². The van der Waals surface area contributed by atoms with E-state index in [2.05, 4.69) is 88.4 Å². The molecule has 4 nitrogen and oxygen atoms in total. The van der Waals surface area contributed by atoms with Crippen LogP contribution in [0.3, 0.4) is 0 Å². The van der Waals surface area contributed by atoms with Crippen molar-refractivity contribution in [1.29, 1.82) is 0 Å². The molecule has 186 valence electrons. The number of esters is 1. The molecular weight excluding hydrogens is 440 g/mol. The van der Waals surface area contributed by atoms with Gasteiger partial charge in [0.05, 0.1) is 19.1 Å². The van der Waals surface area contributed by atoms with E-state index in [1.165, 1.54) is 10.4 Å². The number of rotatable bonds is 10. The van der Waals surface area contributed by atoms with Crippen LogP contribution < -0.4 is 10.4 Å². The van der Waals surface area contributed by atoms with Crippen LogP contribution in [0.1, 0.15) is 61.3 Å². The van der Waals surface area contributed by atoms with E-state index in [-0.39, 0.29) is 23.5 Å². The van der Waals surface area contributed by atoms with E-state index in [1.807, 2.05) is 20.8 Å². The van der Waals surface area contributed by atoms with Crippen molar-refractivity contribution in [2.45, 2.75) is 78.1 Å². The third-order valence-corrected chi connectivity index (χ3v) is 11.6. The second-order valence-electron chi connectivity index (χ2n) is 11.5. The van der Waals surface area contributed by atoms with Crippen molar-refractivity contribution in [3.8, 4) is 0 Å². The van der Waals surface area contributed by atoms with Crippen LogP contribution in [0.5, 0.6) is 0 Å². The molecule has 0 saturated heterocycles. The van der Waals surface area contributed by atoms with Gasteiger partial charge in [-0.1, -0.05) is 81.4 Å². The molecule has 0 unspecified atom stereocenters. The van der Waals surface area contributed by atoms with Gasteiger partial charge >= 0.3 is 5.97 Å². The number of ether oxygens (including phenoxy) is 2. The smallest absolute Gasteiger partial charge is 0.308 e. The monoisotopic (exact) mass is 482 g/mol. The van der Waals surface area contributed by atoms with Crippen LogP contribution in [0.2, 0.25) is 5.04 Å². The van der Waals surface area contributed by atoms with Crippen LogP contribution in [0, 0.1) is 11.8 Å². The van der Waals surface area contributed by atoms with Crippen LogP contribution in [-0.2, 0) is 18.7 Å². The van der Waals surface area contributed by atoms with Crippen molar-refractivity contribution in [3.05, 3.63) is 60.7 Å². The van der Waals surface area contributed by atoms with Gasteiger partial charge in [-0.3, -0.25) is 4.79 Å². The zero-order chi connectivity index (χ0) is 25.0. The first-order chi connectivity index (χ1) is 15.9. The molecule has 3 rings (SSSR count). The maximum atomic E-state index is 11.9. The van der Waals surface area contributed by atoms with Gasteiger partial charge in [0.1, 0.15) is 5.60 Å². The Morgan fingerprint density at radius 1 is 0.941 bits per heavy atom. The Kier molecular flexibility index (Phi) is 8.43. The lowest BCUT2D eigenvalue weighted by atomic mass is 10.2. The van der Waals surface area contributed by atoms with E-state index >= 15 is 0 Å². The molecule has 0 N–H and O–H groups in total. The van der Waals surface area contributed by atoms with E-state index in [4.69, 9.17) is 13.9 Å². The van der Waals surface area contributed by atoms with Crippen molar-refractivity contribution in [2.24, 2.45) is 11.8 Å². The number of carbonyl (C=O) groups excluding carboxylic acids is 1. The molecule has 0 heterocycles. The van der Waals surface area contributed by atoms with Gasteiger partial charge in [-0.15, -0.1) is 0 Å². The minimum Gasteiger partial charge on any atom is -0.460 e. The molecule has 2 aromatic rings. The zero-order valence-corrected chi connectivity index (χ0v) is 23.0. The second-order valence-corrected chi connectivity index (χ2v) is 15.9.